The SMILES string of the molecule is Clc1cc(N2CCn3cnnc3C2)ccc1CNC1CC1. The van der Waals surface area contributed by atoms with Crippen molar-refractivity contribution in [1.29, 1.82) is 0 Å². The van der Waals surface area contributed by atoms with E-state index in [1.807, 2.05) is 0 Å². The van der Waals surface area contributed by atoms with E-state index >= 15 is 0 Å². The quantitative estimate of drug-likeness (QED) is 0.940. The Morgan fingerprint density at radius 3 is 3.00 bits per heavy atom. The molecular weight excluding hydrogens is 286 g/mol. The van der Waals surface area contributed by atoms with Crippen molar-refractivity contribution in [2.75, 3.05) is 11.4 Å². The van der Waals surface area contributed by atoms with Gasteiger partial charge in [-0.3, -0.25) is 0 Å². The third-order valence-electron chi connectivity index (χ3n) is 4.20. The van der Waals surface area contributed by atoms with Crippen molar-refractivity contribution in [3.63, 3.8) is 0 Å². The molecule has 2 heterocycles. The zero-order valence-corrected chi connectivity index (χ0v) is 12.6. The highest BCUT2D eigenvalue weighted by molar-refractivity contribution is 6.31. The number of fused-ring (bicyclic) bond motifs is 1. The van der Waals surface area contributed by atoms with Crippen molar-refractivity contribution < 1.29 is 0 Å². The fourth-order valence-electron chi connectivity index (χ4n) is 2.70. The van der Waals surface area contributed by atoms with E-state index in [1.165, 1.54) is 18.4 Å². The Morgan fingerprint density at radius 1 is 1.29 bits per heavy atom. The maximum Gasteiger partial charge on any atom is 0.152 e. The minimum Gasteiger partial charge on any atom is -0.362 e. The van der Waals surface area contributed by atoms with E-state index in [1.54, 1.807) is 6.33 Å². The number of hydrogen-bond acceptors (Lipinski definition) is 4. The summed E-state index contributed by atoms with van der Waals surface area (Å²) in [5.41, 5.74) is 2.33. The largest absolute Gasteiger partial charge is 0.362 e. The van der Waals surface area contributed by atoms with Crippen LogP contribution in [0, 0.1) is 0 Å². The number of nitrogens with one attached hydrogen (secondary N) is 1. The molecule has 6 heteroatoms. The van der Waals surface area contributed by atoms with Gasteiger partial charge in [-0.1, -0.05) is 17.7 Å². The van der Waals surface area contributed by atoms with Crippen LogP contribution in [0.25, 0.3) is 0 Å². The summed E-state index contributed by atoms with van der Waals surface area (Å²) in [6.45, 7) is 3.53. The molecule has 2 aliphatic rings. The van der Waals surface area contributed by atoms with Crippen molar-refractivity contribution in [3.8, 4) is 0 Å². The molecular formula is C15H18ClN5. The Morgan fingerprint density at radius 2 is 2.19 bits per heavy atom. The standard InChI is InChI=1S/C15H18ClN5/c16-14-7-13(4-1-11(14)8-17-12-2-3-12)20-5-6-21-10-18-19-15(21)9-20/h1,4,7,10,12,17H,2-3,5-6,8-9H2. The lowest BCUT2D eigenvalue weighted by atomic mass is 10.1. The van der Waals surface area contributed by atoms with Crippen LogP contribution in [0.1, 0.15) is 24.2 Å². The highest BCUT2D eigenvalue weighted by atomic mass is 35.5. The maximum absolute atomic E-state index is 6.43. The highest BCUT2D eigenvalue weighted by Crippen LogP contribution is 2.27. The molecule has 0 radical (unpaired) electrons. The van der Waals surface area contributed by atoms with E-state index in [-0.39, 0.29) is 0 Å². The molecule has 1 fully saturated rings. The molecule has 4 rings (SSSR count). The molecule has 1 aliphatic heterocycles. The van der Waals surface area contributed by atoms with Crippen molar-refractivity contribution in [2.45, 2.75) is 38.5 Å². The Bertz CT molecular complexity index is 649. The minimum atomic E-state index is 0.703. The van der Waals surface area contributed by atoms with Crippen molar-refractivity contribution in [2.24, 2.45) is 0 Å². The Hall–Kier alpha value is -1.59. The lowest BCUT2D eigenvalue weighted by Crippen LogP contribution is -2.33. The average molecular weight is 304 g/mol. The van der Waals surface area contributed by atoms with Crippen LogP contribution in [0.2, 0.25) is 5.02 Å². The number of benzene rings is 1. The summed E-state index contributed by atoms with van der Waals surface area (Å²) in [4.78, 5) is 2.30. The van der Waals surface area contributed by atoms with Gasteiger partial charge in [0.25, 0.3) is 0 Å². The van der Waals surface area contributed by atoms with Crippen LogP contribution in [0.15, 0.2) is 24.5 Å². The van der Waals surface area contributed by atoms with E-state index in [4.69, 9.17) is 11.6 Å². The van der Waals surface area contributed by atoms with Crippen LogP contribution in [0.4, 0.5) is 5.69 Å². The van der Waals surface area contributed by atoms with Gasteiger partial charge in [0.1, 0.15) is 6.33 Å². The molecule has 1 aromatic heterocycles. The monoisotopic (exact) mass is 303 g/mol. The Labute approximate surface area is 128 Å². The fraction of sp³-hybridized carbons (Fsp3) is 0.467. The second kappa shape index (κ2) is 5.31. The van der Waals surface area contributed by atoms with Gasteiger partial charge in [0.2, 0.25) is 0 Å². The molecule has 1 saturated carbocycles. The Kier molecular flexibility index (Phi) is 3.31. The van der Waals surface area contributed by atoms with Gasteiger partial charge in [-0.15, -0.1) is 10.2 Å². The van der Waals surface area contributed by atoms with Gasteiger partial charge >= 0.3 is 0 Å². The number of hydrogen-bond donors (Lipinski definition) is 1. The molecule has 1 aromatic carbocycles. The number of rotatable bonds is 4. The number of nitrogens with zero attached hydrogens (tertiary/aromatic N) is 4. The lowest BCUT2D eigenvalue weighted by molar-refractivity contribution is 0.560. The van der Waals surface area contributed by atoms with Crippen LogP contribution in [0.5, 0.6) is 0 Å². The second-order valence-electron chi connectivity index (χ2n) is 5.79. The van der Waals surface area contributed by atoms with Crippen LogP contribution in [-0.2, 0) is 19.6 Å². The van der Waals surface area contributed by atoms with Crippen LogP contribution < -0.4 is 10.2 Å². The molecule has 110 valence electrons. The third kappa shape index (κ3) is 2.76. The summed E-state index contributed by atoms with van der Waals surface area (Å²) in [6, 6.07) is 7.06. The summed E-state index contributed by atoms with van der Waals surface area (Å²) in [5.74, 6) is 1.01. The van der Waals surface area contributed by atoms with Gasteiger partial charge in [-0.25, -0.2) is 0 Å². The van der Waals surface area contributed by atoms with Crippen molar-refractivity contribution in [3.05, 3.63) is 40.9 Å². The zero-order chi connectivity index (χ0) is 14.2. The van der Waals surface area contributed by atoms with Gasteiger partial charge in [-0.2, -0.15) is 0 Å². The number of anilines is 1. The molecule has 0 bridgehead atoms. The first kappa shape index (κ1) is 13.1. The maximum atomic E-state index is 6.43. The molecule has 5 nitrogen and oxygen atoms in total. The summed E-state index contributed by atoms with van der Waals surface area (Å²) in [6.07, 6.45) is 4.39. The molecule has 0 unspecified atom stereocenters. The van der Waals surface area contributed by atoms with Crippen LogP contribution in [-0.4, -0.2) is 27.4 Å². The zero-order valence-electron chi connectivity index (χ0n) is 11.8. The van der Waals surface area contributed by atoms with E-state index in [9.17, 15) is 0 Å². The Balaban J connectivity index is 1.49. The molecule has 0 spiro atoms. The molecule has 21 heavy (non-hydrogen) atoms. The van der Waals surface area contributed by atoms with Crippen LogP contribution in [0.3, 0.4) is 0 Å². The average Bonchev–Trinajstić information content (AvgIpc) is 3.21. The summed E-state index contributed by atoms with van der Waals surface area (Å²) in [5, 5.41) is 12.5. The van der Waals surface area contributed by atoms with Gasteiger partial charge in [0.15, 0.2) is 5.82 Å². The predicted octanol–water partition coefficient (Wildman–Crippen LogP) is 2.20. The van der Waals surface area contributed by atoms with Gasteiger partial charge < -0.3 is 14.8 Å². The van der Waals surface area contributed by atoms with E-state index in [0.29, 0.717) is 6.04 Å². The first-order valence-electron chi connectivity index (χ1n) is 7.43. The molecule has 1 N–H and O–H groups in total. The molecule has 2 aromatic rings. The molecule has 1 aliphatic carbocycles. The molecule has 0 saturated heterocycles. The molecule has 0 amide bonds. The van der Waals surface area contributed by atoms with E-state index < -0.39 is 0 Å². The van der Waals surface area contributed by atoms with Gasteiger partial charge in [0.05, 0.1) is 6.54 Å². The van der Waals surface area contributed by atoms with Crippen molar-refractivity contribution >= 4 is 17.3 Å². The predicted molar refractivity (Wildman–Crippen MR) is 82.4 cm³/mol. The third-order valence-corrected chi connectivity index (χ3v) is 4.55. The smallest absolute Gasteiger partial charge is 0.152 e. The highest BCUT2D eigenvalue weighted by Gasteiger charge is 2.21. The normalized spacial score (nSPS) is 17.9. The van der Waals surface area contributed by atoms with Crippen molar-refractivity contribution in [1.82, 2.24) is 20.1 Å². The van der Waals surface area contributed by atoms with Gasteiger partial charge in [-0.05, 0) is 30.5 Å². The summed E-state index contributed by atoms with van der Waals surface area (Å²) >= 11 is 6.43. The second-order valence-corrected chi connectivity index (χ2v) is 6.20. The number of halogens is 1. The number of aromatic nitrogens is 3. The summed E-state index contributed by atoms with van der Waals surface area (Å²) < 4.78 is 2.10. The fourth-order valence-corrected chi connectivity index (χ4v) is 2.95. The first-order chi connectivity index (χ1) is 10.3. The van der Waals surface area contributed by atoms with E-state index in [2.05, 4.69) is 43.2 Å². The van der Waals surface area contributed by atoms with Gasteiger partial charge in [0, 0.05) is 36.4 Å². The first-order valence-corrected chi connectivity index (χ1v) is 7.81. The van der Waals surface area contributed by atoms with E-state index in [0.717, 1.165) is 42.7 Å². The summed E-state index contributed by atoms with van der Waals surface area (Å²) in [7, 11) is 0. The molecule has 0 atom stereocenters. The topological polar surface area (TPSA) is 46.0 Å². The minimum absolute atomic E-state index is 0.703. The lowest BCUT2D eigenvalue weighted by Gasteiger charge is -2.29. The van der Waals surface area contributed by atoms with Crippen LogP contribution >= 0.6 is 11.6 Å².